The van der Waals surface area contributed by atoms with Gasteiger partial charge in [-0.05, 0) is 58.5 Å². The summed E-state index contributed by atoms with van der Waals surface area (Å²) in [4.78, 5) is 0. The molecule has 0 aliphatic heterocycles. The number of nitrogens with one attached hydrogen (secondary N) is 1. The van der Waals surface area contributed by atoms with Gasteiger partial charge in [0.1, 0.15) is 0 Å². The first kappa shape index (κ1) is 14.4. The van der Waals surface area contributed by atoms with Crippen LogP contribution in [0.5, 0.6) is 0 Å². The first-order valence-electron chi connectivity index (χ1n) is 5.47. The van der Waals surface area contributed by atoms with Crippen molar-refractivity contribution in [2.45, 2.75) is 6.54 Å². The maximum absolute atomic E-state index is 8.79. The SMILES string of the molecule is N#Cc1ccc(CNc2ccc(Cl)cc2I)c(Cl)c1. The fraction of sp³-hybridized carbons (Fsp3) is 0.0714. The van der Waals surface area contributed by atoms with Crippen LogP contribution in [0.2, 0.25) is 10.0 Å². The number of halogens is 3. The summed E-state index contributed by atoms with van der Waals surface area (Å²) in [6, 6.07) is 13.0. The molecular weight excluding hydrogens is 394 g/mol. The van der Waals surface area contributed by atoms with Crippen molar-refractivity contribution in [2.75, 3.05) is 5.32 Å². The molecule has 0 unspecified atom stereocenters. The Bertz CT molecular complexity index is 650. The molecule has 0 aliphatic rings. The monoisotopic (exact) mass is 402 g/mol. The van der Waals surface area contributed by atoms with Crippen molar-refractivity contribution in [1.82, 2.24) is 0 Å². The minimum Gasteiger partial charge on any atom is -0.380 e. The van der Waals surface area contributed by atoms with Gasteiger partial charge in [-0.2, -0.15) is 5.26 Å². The van der Waals surface area contributed by atoms with Gasteiger partial charge in [-0.25, -0.2) is 0 Å². The lowest BCUT2D eigenvalue weighted by Gasteiger charge is -2.10. The third-order valence-corrected chi connectivity index (χ3v) is 4.06. The van der Waals surface area contributed by atoms with Gasteiger partial charge in [-0.15, -0.1) is 0 Å². The lowest BCUT2D eigenvalue weighted by molar-refractivity contribution is 1.14. The molecule has 0 atom stereocenters. The van der Waals surface area contributed by atoms with E-state index >= 15 is 0 Å². The van der Waals surface area contributed by atoms with E-state index in [4.69, 9.17) is 28.5 Å². The largest absolute Gasteiger partial charge is 0.380 e. The minimum atomic E-state index is 0.565. The zero-order valence-corrected chi connectivity index (χ0v) is 13.4. The molecule has 0 radical (unpaired) electrons. The van der Waals surface area contributed by atoms with Crippen LogP contribution in [0.15, 0.2) is 36.4 Å². The number of hydrogen-bond acceptors (Lipinski definition) is 2. The Hall–Kier alpha value is -0.960. The van der Waals surface area contributed by atoms with E-state index in [0.717, 1.165) is 14.8 Å². The van der Waals surface area contributed by atoms with Crippen molar-refractivity contribution in [3.05, 3.63) is 61.1 Å². The second kappa shape index (κ2) is 6.47. The predicted octanol–water partition coefficient (Wildman–Crippen LogP) is 5.08. The van der Waals surface area contributed by atoms with Crippen molar-refractivity contribution >= 4 is 51.5 Å². The summed E-state index contributed by atoms with van der Waals surface area (Å²) in [5.74, 6) is 0. The summed E-state index contributed by atoms with van der Waals surface area (Å²) < 4.78 is 1.05. The quantitative estimate of drug-likeness (QED) is 0.726. The summed E-state index contributed by atoms with van der Waals surface area (Å²) in [7, 11) is 0. The molecular formula is C14H9Cl2IN2. The van der Waals surface area contributed by atoms with Gasteiger partial charge in [0.15, 0.2) is 0 Å². The number of nitrogens with zero attached hydrogens (tertiary/aromatic N) is 1. The molecule has 0 aromatic heterocycles. The third kappa shape index (κ3) is 3.75. The van der Waals surface area contributed by atoms with Crippen LogP contribution >= 0.6 is 45.8 Å². The summed E-state index contributed by atoms with van der Waals surface area (Å²) >= 11 is 14.3. The summed E-state index contributed by atoms with van der Waals surface area (Å²) in [5.41, 5.74) is 2.52. The number of nitriles is 1. The molecule has 0 saturated carbocycles. The topological polar surface area (TPSA) is 35.8 Å². The van der Waals surface area contributed by atoms with Crippen LogP contribution in [0, 0.1) is 14.9 Å². The molecule has 2 aromatic carbocycles. The van der Waals surface area contributed by atoms with Crippen LogP contribution in [0.3, 0.4) is 0 Å². The molecule has 2 aromatic rings. The Morgan fingerprint density at radius 2 is 1.95 bits per heavy atom. The zero-order chi connectivity index (χ0) is 13.8. The van der Waals surface area contributed by atoms with Gasteiger partial charge >= 0.3 is 0 Å². The summed E-state index contributed by atoms with van der Waals surface area (Å²) in [6.07, 6.45) is 0. The molecule has 0 bridgehead atoms. The normalized spacial score (nSPS) is 10.0. The fourth-order valence-electron chi connectivity index (χ4n) is 1.58. The minimum absolute atomic E-state index is 0.565. The average Bonchev–Trinajstić information content (AvgIpc) is 2.39. The second-order valence-corrected chi connectivity index (χ2v) is 5.90. The predicted molar refractivity (Wildman–Crippen MR) is 87.7 cm³/mol. The van der Waals surface area contributed by atoms with Crippen LogP contribution in [0.1, 0.15) is 11.1 Å². The van der Waals surface area contributed by atoms with Crippen LogP contribution in [-0.2, 0) is 6.54 Å². The molecule has 0 aliphatic carbocycles. The van der Waals surface area contributed by atoms with E-state index in [9.17, 15) is 0 Å². The molecule has 2 rings (SSSR count). The van der Waals surface area contributed by atoms with Gasteiger partial charge < -0.3 is 5.32 Å². The van der Waals surface area contributed by atoms with Gasteiger partial charge in [0.2, 0.25) is 0 Å². The van der Waals surface area contributed by atoms with Crippen molar-refractivity contribution in [3.8, 4) is 6.07 Å². The van der Waals surface area contributed by atoms with Crippen molar-refractivity contribution in [3.63, 3.8) is 0 Å². The maximum atomic E-state index is 8.79. The van der Waals surface area contributed by atoms with Crippen molar-refractivity contribution < 1.29 is 0 Å². The molecule has 0 saturated heterocycles. The van der Waals surface area contributed by atoms with Crippen LogP contribution in [-0.4, -0.2) is 0 Å². The van der Waals surface area contributed by atoms with Crippen molar-refractivity contribution in [2.24, 2.45) is 0 Å². The molecule has 1 N–H and O–H groups in total. The Morgan fingerprint density at radius 1 is 1.16 bits per heavy atom. The highest BCUT2D eigenvalue weighted by Gasteiger charge is 2.04. The van der Waals surface area contributed by atoms with Gasteiger partial charge in [0.05, 0.1) is 11.6 Å². The molecule has 0 spiro atoms. The number of benzene rings is 2. The van der Waals surface area contributed by atoms with E-state index in [2.05, 4.69) is 34.0 Å². The van der Waals surface area contributed by atoms with E-state index in [1.165, 1.54) is 0 Å². The molecule has 0 amide bonds. The standard InChI is InChI=1S/C14H9Cl2IN2/c15-11-3-4-14(13(17)6-11)19-8-10-2-1-9(7-18)5-12(10)16/h1-6,19H,8H2. The lowest BCUT2D eigenvalue weighted by Crippen LogP contribution is -2.01. The maximum Gasteiger partial charge on any atom is 0.0992 e. The molecule has 0 heterocycles. The van der Waals surface area contributed by atoms with E-state index in [0.29, 0.717) is 22.2 Å². The Kier molecular flexibility index (Phi) is 4.92. The first-order valence-corrected chi connectivity index (χ1v) is 7.31. The Labute approximate surface area is 135 Å². The van der Waals surface area contributed by atoms with E-state index in [1.54, 1.807) is 12.1 Å². The van der Waals surface area contributed by atoms with Crippen LogP contribution in [0.25, 0.3) is 0 Å². The van der Waals surface area contributed by atoms with Gasteiger partial charge in [-0.1, -0.05) is 29.3 Å². The number of rotatable bonds is 3. The first-order chi connectivity index (χ1) is 9.10. The Balaban J connectivity index is 2.13. The Morgan fingerprint density at radius 3 is 2.58 bits per heavy atom. The zero-order valence-electron chi connectivity index (χ0n) is 9.75. The third-order valence-electron chi connectivity index (χ3n) is 2.58. The second-order valence-electron chi connectivity index (χ2n) is 3.90. The van der Waals surface area contributed by atoms with Crippen LogP contribution in [0.4, 0.5) is 5.69 Å². The fourth-order valence-corrected chi connectivity index (χ4v) is 2.89. The van der Waals surface area contributed by atoms with E-state index in [1.807, 2.05) is 24.3 Å². The highest BCUT2D eigenvalue weighted by molar-refractivity contribution is 14.1. The average molecular weight is 403 g/mol. The lowest BCUT2D eigenvalue weighted by atomic mass is 10.1. The number of hydrogen-bond donors (Lipinski definition) is 1. The van der Waals surface area contributed by atoms with Crippen LogP contribution < -0.4 is 5.32 Å². The molecule has 19 heavy (non-hydrogen) atoms. The molecule has 5 heteroatoms. The van der Waals surface area contributed by atoms with Gasteiger partial charge in [-0.3, -0.25) is 0 Å². The van der Waals surface area contributed by atoms with Crippen molar-refractivity contribution in [1.29, 1.82) is 5.26 Å². The smallest absolute Gasteiger partial charge is 0.0992 e. The van der Waals surface area contributed by atoms with E-state index in [-0.39, 0.29) is 0 Å². The highest BCUT2D eigenvalue weighted by Crippen LogP contribution is 2.24. The summed E-state index contributed by atoms with van der Waals surface area (Å²) in [6.45, 7) is 0.599. The number of anilines is 1. The highest BCUT2D eigenvalue weighted by atomic mass is 127. The van der Waals surface area contributed by atoms with E-state index < -0.39 is 0 Å². The summed E-state index contributed by atoms with van der Waals surface area (Å²) in [5, 5.41) is 13.4. The van der Waals surface area contributed by atoms with Gasteiger partial charge in [0, 0.05) is 25.8 Å². The molecule has 0 fully saturated rings. The molecule has 96 valence electrons. The molecule has 2 nitrogen and oxygen atoms in total. The van der Waals surface area contributed by atoms with Gasteiger partial charge in [0.25, 0.3) is 0 Å².